The van der Waals surface area contributed by atoms with E-state index in [4.69, 9.17) is 12.2 Å². The van der Waals surface area contributed by atoms with E-state index in [1.54, 1.807) is 0 Å². The van der Waals surface area contributed by atoms with Crippen LogP contribution in [0.25, 0.3) is 0 Å². The summed E-state index contributed by atoms with van der Waals surface area (Å²) in [5.74, 6) is 2.10. The van der Waals surface area contributed by atoms with Gasteiger partial charge < -0.3 is 11.1 Å². The van der Waals surface area contributed by atoms with Crippen LogP contribution in [0.2, 0.25) is 0 Å². The Morgan fingerprint density at radius 3 is 2.86 bits per heavy atom. The number of hydrogen-bond donors (Lipinski definition) is 2. The van der Waals surface area contributed by atoms with Crippen molar-refractivity contribution in [2.75, 3.05) is 6.54 Å². The van der Waals surface area contributed by atoms with Crippen molar-refractivity contribution in [3.8, 4) is 12.3 Å². The summed E-state index contributed by atoms with van der Waals surface area (Å²) in [6.07, 6.45) is 6.27. The molecule has 1 aliphatic heterocycles. The Labute approximate surface area is 83.2 Å². The monoisotopic (exact) mass is 194 g/mol. The molecule has 14 heavy (non-hydrogen) atoms. The van der Waals surface area contributed by atoms with E-state index in [2.05, 4.69) is 21.5 Å². The quantitative estimate of drug-likeness (QED) is 0.605. The Bertz CT molecular complexity index is 286. The smallest absolute Gasteiger partial charge is 0.237 e. The lowest BCUT2D eigenvalue weighted by Gasteiger charge is -2.11. The second-order valence-electron chi connectivity index (χ2n) is 3.48. The zero-order chi connectivity index (χ0) is 10.6. The lowest BCUT2D eigenvalue weighted by molar-refractivity contribution is -0.122. The standard InChI is InChI=1S/C9H14N4O/c1-3-6-11-8(14)7(10)4-5-9(2)12-13-9/h1,7H,4-6,10H2,2H3,(H,11,14). The summed E-state index contributed by atoms with van der Waals surface area (Å²) in [5.41, 5.74) is 5.34. The van der Waals surface area contributed by atoms with Crippen LogP contribution in [0.15, 0.2) is 10.2 Å². The van der Waals surface area contributed by atoms with Gasteiger partial charge in [-0.05, 0) is 19.8 Å². The van der Waals surface area contributed by atoms with E-state index in [0.29, 0.717) is 12.8 Å². The van der Waals surface area contributed by atoms with Crippen LogP contribution in [0.4, 0.5) is 0 Å². The van der Waals surface area contributed by atoms with E-state index in [9.17, 15) is 4.79 Å². The maximum atomic E-state index is 11.2. The number of carbonyl (C=O) groups excluding carboxylic acids is 1. The van der Waals surface area contributed by atoms with E-state index in [1.165, 1.54) is 0 Å². The summed E-state index contributed by atoms with van der Waals surface area (Å²) in [6.45, 7) is 2.12. The first-order valence-electron chi connectivity index (χ1n) is 4.48. The lowest BCUT2D eigenvalue weighted by Crippen LogP contribution is -2.41. The zero-order valence-electron chi connectivity index (χ0n) is 8.16. The number of terminal acetylenes is 1. The molecular weight excluding hydrogens is 180 g/mol. The predicted molar refractivity (Wildman–Crippen MR) is 52.3 cm³/mol. The fourth-order valence-electron chi connectivity index (χ4n) is 1.01. The van der Waals surface area contributed by atoms with Gasteiger partial charge in [0.05, 0.1) is 12.6 Å². The predicted octanol–water partition coefficient (Wildman–Crippen LogP) is 0.0253. The average molecular weight is 194 g/mol. The number of rotatable bonds is 5. The molecule has 0 saturated carbocycles. The van der Waals surface area contributed by atoms with Crippen LogP contribution in [0.3, 0.4) is 0 Å². The summed E-state index contributed by atoms with van der Waals surface area (Å²) >= 11 is 0. The van der Waals surface area contributed by atoms with Crippen LogP contribution in [-0.4, -0.2) is 24.2 Å². The minimum absolute atomic E-state index is 0.216. The van der Waals surface area contributed by atoms with Gasteiger partial charge in [0, 0.05) is 0 Å². The summed E-state index contributed by atoms with van der Waals surface area (Å²) in [6, 6.07) is -0.522. The van der Waals surface area contributed by atoms with Crippen molar-refractivity contribution in [1.29, 1.82) is 0 Å². The van der Waals surface area contributed by atoms with E-state index in [0.717, 1.165) is 0 Å². The lowest BCUT2D eigenvalue weighted by atomic mass is 10.1. The molecule has 1 unspecified atom stereocenters. The highest BCUT2D eigenvalue weighted by atomic mass is 16.2. The molecule has 5 heteroatoms. The third-order valence-corrected chi connectivity index (χ3v) is 2.07. The van der Waals surface area contributed by atoms with Gasteiger partial charge in [-0.2, -0.15) is 10.2 Å². The second-order valence-corrected chi connectivity index (χ2v) is 3.48. The van der Waals surface area contributed by atoms with Crippen molar-refractivity contribution < 1.29 is 4.79 Å². The first-order chi connectivity index (χ1) is 6.57. The molecule has 0 bridgehead atoms. The Morgan fingerprint density at radius 2 is 2.36 bits per heavy atom. The summed E-state index contributed by atoms with van der Waals surface area (Å²) in [5, 5.41) is 10.2. The maximum absolute atomic E-state index is 11.2. The minimum Gasteiger partial charge on any atom is -0.344 e. The highest BCUT2D eigenvalue weighted by molar-refractivity contribution is 5.81. The molecular formula is C9H14N4O. The number of hydrogen-bond acceptors (Lipinski definition) is 4. The number of nitrogens with one attached hydrogen (secondary N) is 1. The Morgan fingerprint density at radius 1 is 1.71 bits per heavy atom. The fourth-order valence-corrected chi connectivity index (χ4v) is 1.01. The molecule has 5 nitrogen and oxygen atoms in total. The van der Waals surface area contributed by atoms with Gasteiger partial charge in [0.2, 0.25) is 5.91 Å². The molecule has 0 spiro atoms. The third kappa shape index (κ3) is 3.15. The molecule has 0 radical (unpaired) electrons. The van der Waals surface area contributed by atoms with Crippen molar-refractivity contribution in [1.82, 2.24) is 5.32 Å². The van der Waals surface area contributed by atoms with E-state index >= 15 is 0 Å². The summed E-state index contributed by atoms with van der Waals surface area (Å²) in [7, 11) is 0. The van der Waals surface area contributed by atoms with Crippen LogP contribution >= 0.6 is 0 Å². The molecule has 1 rings (SSSR count). The molecule has 1 heterocycles. The van der Waals surface area contributed by atoms with Crippen LogP contribution in [0, 0.1) is 12.3 Å². The van der Waals surface area contributed by atoms with Crippen LogP contribution < -0.4 is 11.1 Å². The first kappa shape index (κ1) is 10.7. The maximum Gasteiger partial charge on any atom is 0.237 e. The van der Waals surface area contributed by atoms with Crippen LogP contribution in [0.1, 0.15) is 19.8 Å². The van der Waals surface area contributed by atoms with Gasteiger partial charge in [0.1, 0.15) is 0 Å². The Balaban J connectivity index is 2.17. The molecule has 1 amide bonds. The molecule has 0 aliphatic carbocycles. The van der Waals surface area contributed by atoms with Gasteiger partial charge in [0.15, 0.2) is 5.66 Å². The van der Waals surface area contributed by atoms with Crippen LogP contribution in [-0.2, 0) is 4.79 Å². The second kappa shape index (κ2) is 4.20. The summed E-state index contributed by atoms with van der Waals surface area (Å²) < 4.78 is 0. The molecule has 0 fully saturated rings. The van der Waals surface area contributed by atoms with E-state index in [1.807, 2.05) is 6.92 Å². The van der Waals surface area contributed by atoms with E-state index < -0.39 is 6.04 Å². The Kier molecular flexibility index (Phi) is 3.20. The highest BCUT2D eigenvalue weighted by Gasteiger charge is 2.34. The number of nitrogens with two attached hydrogens (primary N) is 1. The first-order valence-corrected chi connectivity index (χ1v) is 4.48. The number of carbonyl (C=O) groups is 1. The molecule has 3 N–H and O–H groups in total. The van der Waals surface area contributed by atoms with Crippen molar-refractivity contribution in [3.05, 3.63) is 0 Å². The van der Waals surface area contributed by atoms with Gasteiger partial charge >= 0.3 is 0 Å². The van der Waals surface area contributed by atoms with Crippen molar-refractivity contribution >= 4 is 5.91 Å². The molecule has 0 aromatic heterocycles. The minimum atomic E-state index is -0.522. The topological polar surface area (TPSA) is 79.8 Å². The van der Waals surface area contributed by atoms with Gasteiger partial charge in [-0.25, -0.2) is 0 Å². The normalized spacial score (nSPS) is 18.4. The SMILES string of the molecule is C#CCNC(=O)C(N)CCC1(C)N=N1. The van der Waals surface area contributed by atoms with Crippen molar-refractivity contribution in [3.63, 3.8) is 0 Å². The third-order valence-electron chi connectivity index (χ3n) is 2.07. The van der Waals surface area contributed by atoms with Gasteiger partial charge in [0.25, 0.3) is 0 Å². The number of nitrogens with zero attached hydrogens (tertiary/aromatic N) is 2. The van der Waals surface area contributed by atoms with E-state index in [-0.39, 0.29) is 18.1 Å². The largest absolute Gasteiger partial charge is 0.344 e. The molecule has 0 saturated heterocycles. The van der Waals surface area contributed by atoms with Gasteiger partial charge in [-0.1, -0.05) is 5.92 Å². The molecule has 1 aliphatic rings. The molecule has 0 aromatic carbocycles. The molecule has 1 atom stereocenters. The van der Waals surface area contributed by atoms with Crippen LogP contribution in [0.5, 0.6) is 0 Å². The van der Waals surface area contributed by atoms with Gasteiger partial charge in [-0.15, -0.1) is 6.42 Å². The Hall–Kier alpha value is -1.41. The fraction of sp³-hybridized carbons (Fsp3) is 0.667. The highest BCUT2D eigenvalue weighted by Crippen LogP contribution is 2.32. The zero-order valence-corrected chi connectivity index (χ0v) is 8.16. The van der Waals surface area contributed by atoms with Gasteiger partial charge in [-0.3, -0.25) is 4.79 Å². The number of amides is 1. The average Bonchev–Trinajstić information content (AvgIpc) is 2.90. The van der Waals surface area contributed by atoms with Crippen molar-refractivity contribution in [2.45, 2.75) is 31.5 Å². The summed E-state index contributed by atoms with van der Waals surface area (Å²) in [4.78, 5) is 11.2. The molecule has 76 valence electrons. The molecule has 0 aromatic rings. The van der Waals surface area contributed by atoms with Crippen molar-refractivity contribution in [2.24, 2.45) is 16.0 Å².